The fourth-order valence-corrected chi connectivity index (χ4v) is 0.444. The number of rotatable bonds is 0. The van der Waals surface area contributed by atoms with Gasteiger partial charge in [0, 0.05) is 12.3 Å². The fourth-order valence-electron chi connectivity index (χ4n) is 0.312. The molecule has 1 radical (unpaired) electrons. The number of hydrogen-bond acceptors (Lipinski definition) is 2. The van der Waals surface area contributed by atoms with Gasteiger partial charge >= 0.3 is 0 Å². The van der Waals surface area contributed by atoms with Crippen molar-refractivity contribution in [3.05, 3.63) is 24.4 Å². The Labute approximate surface area is 47.8 Å². The number of hydrogen-bond donors (Lipinski definition) is 1. The molecule has 7 heavy (non-hydrogen) atoms. The Morgan fingerprint density at radius 1 is 1.71 bits per heavy atom. The third-order valence-corrected chi connectivity index (χ3v) is 0.865. The lowest BCUT2D eigenvalue weighted by Crippen LogP contribution is -1.68. The van der Waals surface area contributed by atoms with E-state index in [2.05, 4.69) is 23.7 Å². The van der Waals surface area contributed by atoms with Gasteiger partial charge in [-0.1, -0.05) is 6.07 Å². The van der Waals surface area contributed by atoms with E-state index in [4.69, 9.17) is 0 Å². The maximum absolute atomic E-state index is 3.95. The lowest BCUT2D eigenvalue weighted by Gasteiger charge is -1.80. The van der Waals surface area contributed by atoms with Crippen LogP contribution in [0.25, 0.3) is 0 Å². The van der Waals surface area contributed by atoms with Crippen LogP contribution in [0.4, 0.5) is 0 Å². The Hall–Kier alpha value is -0.500. The summed E-state index contributed by atoms with van der Waals surface area (Å²) in [6.45, 7) is 0. The summed E-state index contributed by atoms with van der Waals surface area (Å²) in [6, 6.07) is 6.33. The number of pyridine rings is 1. The molecule has 1 rings (SSSR count). The summed E-state index contributed by atoms with van der Waals surface area (Å²) in [7, 11) is 0. The lowest BCUT2D eigenvalue weighted by atomic mass is 10.5. The third-order valence-electron chi connectivity index (χ3n) is 0.600. The molecule has 0 N–H and O–H groups in total. The van der Waals surface area contributed by atoms with Gasteiger partial charge in [-0.05, 0) is 6.07 Å². The van der Waals surface area contributed by atoms with E-state index < -0.39 is 0 Å². The smallest absolute Gasteiger partial charge is 0.0929 e. The normalized spacial score (nSPS) is 8.71. The zero-order valence-electron chi connectivity index (χ0n) is 3.63. The molecule has 0 spiro atoms. The van der Waals surface area contributed by atoms with E-state index in [9.17, 15) is 0 Å². The van der Waals surface area contributed by atoms with E-state index in [1.165, 1.54) is 0 Å². The molecule has 1 aromatic heterocycles. The van der Waals surface area contributed by atoms with Crippen LogP contribution in [0.2, 0.25) is 0 Å². The van der Waals surface area contributed by atoms with Crippen molar-refractivity contribution in [1.29, 1.82) is 0 Å². The standard InChI is InChI=1S/C5H4NS/c7-5-3-1-2-4-6-5/h1,3-4H,(H,6,7). The van der Waals surface area contributed by atoms with Crippen LogP contribution in [0.3, 0.4) is 0 Å². The summed E-state index contributed by atoms with van der Waals surface area (Å²) in [5.74, 6) is 0. The Kier molecular flexibility index (Phi) is 1.32. The average Bonchev–Trinajstić information content (AvgIpc) is 1.69. The van der Waals surface area contributed by atoms with Crippen LogP contribution in [0.15, 0.2) is 23.4 Å². The highest BCUT2D eigenvalue weighted by Crippen LogP contribution is 1.94. The van der Waals surface area contributed by atoms with Gasteiger partial charge in [0.05, 0.1) is 5.03 Å². The summed E-state index contributed by atoms with van der Waals surface area (Å²) in [6.07, 6.45) is 1.59. The van der Waals surface area contributed by atoms with Crippen LogP contribution < -0.4 is 0 Å². The number of nitrogens with zero attached hydrogens (tertiary/aromatic N) is 1. The van der Waals surface area contributed by atoms with Crippen molar-refractivity contribution in [2.45, 2.75) is 5.03 Å². The zero-order valence-corrected chi connectivity index (χ0v) is 4.52. The summed E-state index contributed by atoms with van der Waals surface area (Å²) >= 11 is 3.95. The molecule has 0 fully saturated rings. The topological polar surface area (TPSA) is 12.9 Å². The average molecular weight is 110 g/mol. The first-order valence-corrected chi connectivity index (χ1v) is 2.35. The van der Waals surface area contributed by atoms with Gasteiger partial charge in [-0.15, -0.1) is 12.6 Å². The molecule has 0 unspecified atom stereocenters. The Morgan fingerprint density at radius 2 is 2.57 bits per heavy atom. The largest absolute Gasteiger partial charge is 0.250 e. The molecule has 0 aliphatic rings. The molecule has 35 valence electrons. The molecule has 0 aromatic carbocycles. The zero-order chi connectivity index (χ0) is 5.11. The molecular weight excluding hydrogens is 106 g/mol. The van der Waals surface area contributed by atoms with E-state index in [-0.39, 0.29) is 0 Å². The van der Waals surface area contributed by atoms with Crippen molar-refractivity contribution in [2.75, 3.05) is 0 Å². The predicted molar refractivity (Wildman–Crippen MR) is 30.3 cm³/mol. The summed E-state index contributed by atoms with van der Waals surface area (Å²) in [5.41, 5.74) is 0. The first-order valence-electron chi connectivity index (χ1n) is 1.90. The quantitative estimate of drug-likeness (QED) is 0.495. The second kappa shape index (κ2) is 1.98. The van der Waals surface area contributed by atoms with Gasteiger partial charge in [0.25, 0.3) is 0 Å². The molecule has 0 atom stereocenters. The summed E-state index contributed by atoms with van der Waals surface area (Å²) in [5, 5.41) is 0.735. The molecule has 1 heterocycles. The van der Waals surface area contributed by atoms with Gasteiger partial charge < -0.3 is 0 Å². The summed E-state index contributed by atoms with van der Waals surface area (Å²) < 4.78 is 0. The van der Waals surface area contributed by atoms with Gasteiger partial charge in [0.2, 0.25) is 0 Å². The second-order valence-electron chi connectivity index (χ2n) is 1.12. The molecule has 0 saturated heterocycles. The highest BCUT2D eigenvalue weighted by Gasteiger charge is 1.75. The van der Waals surface area contributed by atoms with E-state index in [1.807, 2.05) is 0 Å². The van der Waals surface area contributed by atoms with E-state index >= 15 is 0 Å². The molecule has 0 aliphatic carbocycles. The monoisotopic (exact) mass is 110 g/mol. The Morgan fingerprint density at radius 3 is 2.86 bits per heavy atom. The van der Waals surface area contributed by atoms with Crippen LogP contribution in [0.1, 0.15) is 0 Å². The Balaban J connectivity index is 3.02. The highest BCUT2D eigenvalue weighted by molar-refractivity contribution is 7.80. The fraction of sp³-hybridized carbons (Fsp3) is 0. The van der Waals surface area contributed by atoms with Crippen molar-refractivity contribution in [1.82, 2.24) is 4.98 Å². The highest BCUT2D eigenvalue weighted by atomic mass is 32.1. The van der Waals surface area contributed by atoms with E-state index in [0.717, 1.165) is 5.03 Å². The van der Waals surface area contributed by atoms with Crippen molar-refractivity contribution in [3.63, 3.8) is 0 Å². The molecule has 0 bridgehead atoms. The van der Waals surface area contributed by atoms with Crippen molar-refractivity contribution >= 4 is 12.6 Å². The maximum atomic E-state index is 3.95. The van der Waals surface area contributed by atoms with Crippen molar-refractivity contribution in [2.24, 2.45) is 0 Å². The summed E-state index contributed by atoms with van der Waals surface area (Å²) in [4.78, 5) is 3.79. The number of aromatic nitrogens is 1. The third kappa shape index (κ3) is 1.20. The van der Waals surface area contributed by atoms with Crippen LogP contribution in [0.5, 0.6) is 0 Å². The molecule has 0 amide bonds. The molecular formula is C5H4NS. The van der Waals surface area contributed by atoms with Crippen molar-refractivity contribution in [3.8, 4) is 0 Å². The van der Waals surface area contributed by atoms with Crippen LogP contribution >= 0.6 is 12.6 Å². The number of thiol groups is 1. The van der Waals surface area contributed by atoms with Gasteiger partial charge in [0.1, 0.15) is 0 Å². The molecule has 0 saturated carbocycles. The first kappa shape index (κ1) is 4.65. The second-order valence-corrected chi connectivity index (χ2v) is 1.57. The van der Waals surface area contributed by atoms with Crippen LogP contribution in [-0.4, -0.2) is 4.98 Å². The Bertz CT molecular complexity index is 138. The minimum atomic E-state index is 0.735. The first-order chi connectivity index (χ1) is 3.39. The minimum absolute atomic E-state index is 0.735. The van der Waals surface area contributed by atoms with Gasteiger partial charge in [-0.3, -0.25) is 0 Å². The maximum Gasteiger partial charge on any atom is 0.0929 e. The molecule has 2 heteroatoms. The minimum Gasteiger partial charge on any atom is -0.250 e. The van der Waals surface area contributed by atoms with E-state index in [0.29, 0.717) is 0 Å². The molecule has 0 aliphatic heterocycles. The van der Waals surface area contributed by atoms with Crippen LogP contribution in [0, 0.1) is 6.07 Å². The van der Waals surface area contributed by atoms with Crippen LogP contribution in [-0.2, 0) is 0 Å². The predicted octanol–water partition coefficient (Wildman–Crippen LogP) is 1.17. The SMILES string of the molecule is Sc1cc[c]cn1. The van der Waals surface area contributed by atoms with Gasteiger partial charge in [0.15, 0.2) is 0 Å². The lowest BCUT2D eigenvalue weighted by molar-refractivity contribution is 1.14. The van der Waals surface area contributed by atoms with Crippen molar-refractivity contribution < 1.29 is 0 Å². The van der Waals surface area contributed by atoms with Gasteiger partial charge in [-0.25, -0.2) is 4.98 Å². The van der Waals surface area contributed by atoms with Gasteiger partial charge in [-0.2, -0.15) is 0 Å². The molecule has 1 aromatic rings. The molecule has 1 nitrogen and oxygen atoms in total. The van der Waals surface area contributed by atoms with E-state index in [1.54, 1.807) is 18.3 Å².